The molecule has 0 aliphatic heterocycles. The first kappa shape index (κ1) is 77.4. The number of rotatable bonds is 58. The minimum atomic E-state index is -4.72. The fourth-order valence-corrected chi connectivity index (χ4v) is 9.55. The fourth-order valence-electron chi connectivity index (χ4n) is 8.83. The number of carbonyl (C=O) groups excluding carboxylic acids is 2. The summed E-state index contributed by atoms with van der Waals surface area (Å²) in [6.07, 6.45) is 83.0. The van der Waals surface area contributed by atoms with Crippen molar-refractivity contribution < 1.29 is 37.3 Å². The number of carbonyl (C=O) groups is 2. The van der Waals surface area contributed by atoms with Gasteiger partial charge in [-0.15, -0.1) is 0 Å². The molecule has 0 aromatic rings. The number of nitrogens with one attached hydrogen (secondary N) is 1. The lowest BCUT2D eigenvalue weighted by molar-refractivity contribution is -0.870. The minimum Gasteiger partial charge on any atom is -0.756 e. The highest BCUT2D eigenvalue weighted by Crippen LogP contribution is 2.38. The average molecular weight is 1150 g/mol. The van der Waals surface area contributed by atoms with Crippen molar-refractivity contribution in [2.75, 3.05) is 40.9 Å². The third kappa shape index (κ3) is 60.8. The summed E-state index contributed by atoms with van der Waals surface area (Å²) >= 11 is 0. The summed E-state index contributed by atoms with van der Waals surface area (Å²) in [6.45, 7) is 6.67. The van der Waals surface area contributed by atoms with E-state index in [4.69, 9.17) is 13.8 Å². The summed E-state index contributed by atoms with van der Waals surface area (Å²) < 4.78 is 30.3. The lowest BCUT2D eigenvalue weighted by Gasteiger charge is -2.30. The Balaban J connectivity index is 5.31. The van der Waals surface area contributed by atoms with Crippen molar-refractivity contribution in [3.8, 4) is 0 Å². The Morgan fingerprint density at radius 1 is 0.444 bits per heavy atom. The molecule has 0 aromatic heterocycles. The molecule has 0 fully saturated rings. The van der Waals surface area contributed by atoms with Crippen LogP contribution >= 0.6 is 7.82 Å². The molecular formula is C71H123N2O7P. The predicted octanol–water partition coefficient (Wildman–Crippen LogP) is 20.0. The molecule has 3 unspecified atom stereocenters. The Hall–Kier alpha value is -3.59. The van der Waals surface area contributed by atoms with Crippen LogP contribution < -0.4 is 10.2 Å². The summed E-state index contributed by atoms with van der Waals surface area (Å²) in [6, 6.07) is -0.917. The van der Waals surface area contributed by atoms with Gasteiger partial charge in [0.15, 0.2) is 0 Å². The molecule has 0 aliphatic rings. The van der Waals surface area contributed by atoms with E-state index in [0.717, 1.165) is 116 Å². The van der Waals surface area contributed by atoms with E-state index in [0.29, 0.717) is 23.9 Å². The number of phosphoric ester groups is 1. The Bertz CT molecular complexity index is 1800. The monoisotopic (exact) mass is 1150 g/mol. The van der Waals surface area contributed by atoms with Gasteiger partial charge in [0.1, 0.15) is 19.3 Å². The zero-order valence-corrected chi connectivity index (χ0v) is 53.8. The second-order valence-electron chi connectivity index (χ2n) is 22.9. The molecule has 9 nitrogen and oxygen atoms in total. The van der Waals surface area contributed by atoms with Gasteiger partial charge < -0.3 is 28.5 Å². The maximum Gasteiger partial charge on any atom is 0.306 e. The molecule has 1 N–H and O–H groups in total. The summed E-state index contributed by atoms with van der Waals surface area (Å²) in [4.78, 5) is 40.1. The number of esters is 1. The van der Waals surface area contributed by atoms with E-state index in [-0.39, 0.29) is 31.3 Å². The number of hydrogen-bond donors (Lipinski definition) is 1. The highest BCUT2D eigenvalue weighted by atomic mass is 31.2. The molecule has 0 radical (unpaired) electrons. The highest BCUT2D eigenvalue weighted by molar-refractivity contribution is 7.45. The topological polar surface area (TPSA) is 114 Å². The molecule has 0 saturated carbocycles. The second-order valence-corrected chi connectivity index (χ2v) is 24.3. The first-order chi connectivity index (χ1) is 39.4. The number of amides is 1. The van der Waals surface area contributed by atoms with Gasteiger partial charge in [-0.1, -0.05) is 252 Å². The number of quaternary nitrogens is 1. The standard InChI is InChI=1S/C71H123N2O7P/c1-7-10-13-16-19-22-25-28-30-32-34-35-36-37-39-40-42-45-48-51-54-57-60-63-70(74)72-68(67-79-81(76,77)78-66-65-73(4,5)6)69(62-59-56-53-50-47-44-27-24-21-18-15-12-9-3)80-71(75)64-61-58-55-52-49-46-43-41-38-33-31-29-26-23-20-17-14-11-8-2/h10,13,19-20,22-23,28-31,34-35,37-39,41,46,49,59,62,68-69H,7-9,11-12,14-18,21,24-27,32-33,36,40,42-45,47-48,50-58,60-61,63-67H2,1-6H3,(H-,72,74,76,77)/b13-10-,22-19-,23-20-,30-28-,31-29-,35-34-,39-37-,41-38-,49-46-,62-59-. The Morgan fingerprint density at radius 3 is 1.22 bits per heavy atom. The van der Waals surface area contributed by atoms with Crippen LogP contribution in [0.2, 0.25) is 0 Å². The molecule has 464 valence electrons. The number of unbranched alkanes of at least 4 members (excludes halogenated alkanes) is 24. The Labute approximate surface area is 499 Å². The number of likely N-dealkylation sites (N-methyl/N-ethyl adjacent to an activating group) is 1. The van der Waals surface area contributed by atoms with Crippen molar-refractivity contribution in [3.05, 3.63) is 122 Å². The first-order valence-corrected chi connectivity index (χ1v) is 34.3. The molecule has 0 bridgehead atoms. The third-order valence-corrected chi connectivity index (χ3v) is 14.8. The van der Waals surface area contributed by atoms with Gasteiger partial charge in [-0.3, -0.25) is 14.2 Å². The minimum absolute atomic E-state index is 0.0364. The highest BCUT2D eigenvalue weighted by Gasteiger charge is 2.27. The normalized spacial score (nSPS) is 14.4. The number of phosphoric acid groups is 1. The smallest absolute Gasteiger partial charge is 0.306 e. The van der Waals surface area contributed by atoms with Gasteiger partial charge in [0.25, 0.3) is 7.82 Å². The van der Waals surface area contributed by atoms with Gasteiger partial charge in [0.05, 0.1) is 33.8 Å². The van der Waals surface area contributed by atoms with Crippen molar-refractivity contribution in [1.82, 2.24) is 5.32 Å². The van der Waals surface area contributed by atoms with Gasteiger partial charge in [0, 0.05) is 12.8 Å². The molecule has 3 atom stereocenters. The molecule has 0 aromatic carbocycles. The van der Waals surface area contributed by atoms with E-state index in [2.05, 4.69) is 135 Å². The predicted molar refractivity (Wildman–Crippen MR) is 348 cm³/mol. The number of ether oxygens (including phenoxy) is 1. The fraction of sp³-hybridized carbons (Fsp3) is 0.690. The second kappa shape index (κ2) is 59.6. The van der Waals surface area contributed by atoms with Crippen LogP contribution in [0.1, 0.15) is 265 Å². The lowest BCUT2D eigenvalue weighted by atomic mass is 10.0. The molecule has 0 saturated heterocycles. The molecule has 1 amide bonds. The van der Waals surface area contributed by atoms with Crippen molar-refractivity contribution in [3.63, 3.8) is 0 Å². The molecule has 81 heavy (non-hydrogen) atoms. The largest absolute Gasteiger partial charge is 0.756 e. The number of allylic oxidation sites excluding steroid dienone is 19. The number of hydrogen-bond acceptors (Lipinski definition) is 7. The zero-order valence-electron chi connectivity index (χ0n) is 52.9. The van der Waals surface area contributed by atoms with Gasteiger partial charge in [-0.25, -0.2) is 0 Å². The van der Waals surface area contributed by atoms with Crippen molar-refractivity contribution in [2.45, 2.75) is 277 Å². The summed E-state index contributed by atoms with van der Waals surface area (Å²) in [5.41, 5.74) is 0. The lowest BCUT2D eigenvalue weighted by Crippen LogP contribution is -2.47. The maximum atomic E-state index is 13.6. The van der Waals surface area contributed by atoms with E-state index in [9.17, 15) is 19.0 Å². The average Bonchev–Trinajstić information content (AvgIpc) is 3.44. The SMILES string of the molecule is CC/C=C\C/C=C\C/C=C\C/C=C\C/C=C\CCCCCCCCCC(=O)NC(COP(=O)([O-])OCC[N+](C)(C)C)C(/C=C\CCCCCCCCCCCCC)OC(=O)CCCCC/C=C\C/C=C\C/C=C\C/C=C\CCCCC. The van der Waals surface area contributed by atoms with Crippen LogP contribution in [0.15, 0.2) is 122 Å². The van der Waals surface area contributed by atoms with Crippen LogP contribution in [0.3, 0.4) is 0 Å². The van der Waals surface area contributed by atoms with Crippen LogP contribution in [-0.4, -0.2) is 69.4 Å². The van der Waals surface area contributed by atoms with E-state index in [1.54, 1.807) is 0 Å². The summed E-state index contributed by atoms with van der Waals surface area (Å²) in [7, 11) is 1.14. The van der Waals surface area contributed by atoms with E-state index >= 15 is 0 Å². The Morgan fingerprint density at radius 2 is 0.790 bits per heavy atom. The molecule has 10 heteroatoms. The maximum absolute atomic E-state index is 13.6. The molecule has 0 aliphatic carbocycles. The summed E-state index contributed by atoms with van der Waals surface area (Å²) in [5.74, 6) is -0.595. The molecule has 0 rings (SSSR count). The van der Waals surface area contributed by atoms with Crippen LogP contribution in [0.25, 0.3) is 0 Å². The van der Waals surface area contributed by atoms with Crippen molar-refractivity contribution >= 4 is 19.7 Å². The zero-order chi connectivity index (χ0) is 59.3. The van der Waals surface area contributed by atoms with Gasteiger partial charge in [0.2, 0.25) is 5.91 Å². The van der Waals surface area contributed by atoms with Crippen LogP contribution in [0.5, 0.6) is 0 Å². The van der Waals surface area contributed by atoms with Crippen LogP contribution in [0, 0.1) is 0 Å². The number of nitrogens with zero attached hydrogens (tertiary/aromatic N) is 1. The van der Waals surface area contributed by atoms with Gasteiger partial charge in [-0.05, 0) is 122 Å². The van der Waals surface area contributed by atoms with Gasteiger partial charge >= 0.3 is 5.97 Å². The van der Waals surface area contributed by atoms with E-state index in [1.165, 1.54) is 103 Å². The van der Waals surface area contributed by atoms with Crippen molar-refractivity contribution in [2.24, 2.45) is 0 Å². The first-order valence-electron chi connectivity index (χ1n) is 32.8. The molecule has 0 heterocycles. The quantitative estimate of drug-likeness (QED) is 0.0212. The summed E-state index contributed by atoms with van der Waals surface area (Å²) in [5, 5.41) is 3.02. The van der Waals surface area contributed by atoms with E-state index in [1.807, 2.05) is 33.3 Å². The van der Waals surface area contributed by atoms with Crippen LogP contribution in [-0.2, 0) is 27.9 Å². The van der Waals surface area contributed by atoms with Crippen molar-refractivity contribution in [1.29, 1.82) is 0 Å². The van der Waals surface area contributed by atoms with Gasteiger partial charge in [-0.2, -0.15) is 0 Å². The third-order valence-electron chi connectivity index (χ3n) is 13.9. The van der Waals surface area contributed by atoms with Crippen LogP contribution in [0.4, 0.5) is 0 Å². The molecular weight excluding hydrogens is 1020 g/mol. The molecule has 0 spiro atoms. The Kier molecular flexibility index (Phi) is 56.9. The van der Waals surface area contributed by atoms with E-state index < -0.39 is 26.6 Å².